The van der Waals surface area contributed by atoms with Crippen LogP contribution in [0, 0.1) is 11.8 Å². The lowest BCUT2D eigenvalue weighted by molar-refractivity contribution is -0.121. The molecular weight excluding hydrogens is 212 g/mol. The first-order valence-electron chi connectivity index (χ1n) is 7.17. The second kappa shape index (κ2) is 8.51. The molecule has 100 valence electrons. The summed E-state index contributed by atoms with van der Waals surface area (Å²) >= 11 is 0. The molecule has 0 radical (unpaired) electrons. The van der Waals surface area contributed by atoms with E-state index < -0.39 is 0 Å². The highest BCUT2D eigenvalue weighted by Gasteiger charge is 2.19. The van der Waals surface area contributed by atoms with Crippen molar-refractivity contribution in [3.8, 4) is 0 Å². The van der Waals surface area contributed by atoms with E-state index in [1.54, 1.807) is 0 Å². The third-order valence-corrected chi connectivity index (χ3v) is 3.96. The fourth-order valence-electron chi connectivity index (χ4n) is 2.62. The molecule has 3 nitrogen and oxygen atoms in total. The van der Waals surface area contributed by atoms with E-state index in [0.717, 1.165) is 31.3 Å². The molecule has 0 aliphatic heterocycles. The van der Waals surface area contributed by atoms with Crippen LogP contribution in [0.25, 0.3) is 0 Å². The van der Waals surface area contributed by atoms with Crippen LogP contribution >= 0.6 is 0 Å². The van der Waals surface area contributed by atoms with E-state index in [4.69, 9.17) is 0 Å². The molecule has 0 unspecified atom stereocenters. The highest BCUT2D eigenvalue weighted by atomic mass is 16.1. The van der Waals surface area contributed by atoms with E-state index in [0.29, 0.717) is 6.42 Å². The van der Waals surface area contributed by atoms with Crippen LogP contribution in [-0.2, 0) is 4.79 Å². The van der Waals surface area contributed by atoms with Crippen molar-refractivity contribution in [3.05, 3.63) is 0 Å². The lowest BCUT2D eigenvalue weighted by atomic mass is 9.81. The van der Waals surface area contributed by atoms with Gasteiger partial charge in [0.2, 0.25) is 5.91 Å². The molecule has 0 saturated heterocycles. The Hall–Kier alpha value is -0.570. The fraction of sp³-hybridized carbons (Fsp3) is 0.929. The van der Waals surface area contributed by atoms with Crippen LogP contribution in [0.1, 0.15) is 51.9 Å². The molecule has 0 aromatic heterocycles. The zero-order valence-corrected chi connectivity index (χ0v) is 11.4. The number of hydrogen-bond donors (Lipinski definition) is 2. The smallest absolute Gasteiger partial charge is 0.220 e. The quantitative estimate of drug-likeness (QED) is 0.671. The van der Waals surface area contributed by atoms with Crippen LogP contribution in [0.4, 0.5) is 0 Å². The number of hydrogen-bond acceptors (Lipinski definition) is 2. The molecule has 0 aromatic carbocycles. The molecule has 0 atom stereocenters. The largest absolute Gasteiger partial charge is 0.356 e. The van der Waals surface area contributed by atoms with E-state index in [2.05, 4.69) is 17.6 Å². The molecule has 1 amide bonds. The van der Waals surface area contributed by atoms with Gasteiger partial charge in [0.25, 0.3) is 0 Å². The summed E-state index contributed by atoms with van der Waals surface area (Å²) in [7, 11) is 1.92. The van der Waals surface area contributed by atoms with Crippen LogP contribution in [-0.4, -0.2) is 26.0 Å². The minimum absolute atomic E-state index is 0.220. The molecule has 1 aliphatic carbocycles. The predicted molar refractivity (Wildman–Crippen MR) is 71.9 cm³/mol. The minimum atomic E-state index is 0.220. The first-order valence-corrected chi connectivity index (χ1v) is 7.17. The zero-order valence-electron chi connectivity index (χ0n) is 11.4. The zero-order chi connectivity index (χ0) is 12.5. The topological polar surface area (TPSA) is 41.1 Å². The maximum Gasteiger partial charge on any atom is 0.220 e. The Morgan fingerprint density at radius 2 is 1.82 bits per heavy atom. The normalized spacial score (nSPS) is 24.6. The van der Waals surface area contributed by atoms with Crippen molar-refractivity contribution in [3.63, 3.8) is 0 Å². The van der Waals surface area contributed by atoms with Gasteiger partial charge in [-0.15, -0.1) is 0 Å². The summed E-state index contributed by atoms with van der Waals surface area (Å²) in [4.78, 5) is 11.5. The number of rotatable bonds is 7. The maximum absolute atomic E-state index is 11.5. The second-order valence-corrected chi connectivity index (χ2v) is 5.31. The Kier molecular flexibility index (Phi) is 7.25. The van der Waals surface area contributed by atoms with E-state index in [1.807, 2.05) is 7.05 Å². The molecule has 0 aromatic rings. The predicted octanol–water partition coefficient (Wildman–Crippen LogP) is 2.32. The molecule has 2 N–H and O–H groups in total. The molecular formula is C14H28N2O. The summed E-state index contributed by atoms with van der Waals surface area (Å²) in [6.45, 7) is 4.11. The van der Waals surface area contributed by atoms with Crippen molar-refractivity contribution in [1.82, 2.24) is 10.6 Å². The van der Waals surface area contributed by atoms with Crippen molar-refractivity contribution < 1.29 is 4.79 Å². The average molecular weight is 240 g/mol. The minimum Gasteiger partial charge on any atom is -0.356 e. The first kappa shape index (κ1) is 14.5. The van der Waals surface area contributed by atoms with Gasteiger partial charge in [0.15, 0.2) is 0 Å². The van der Waals surface area contributed by atoms with Crippen LogP contribution in [0.5, 0.6) is 0 Å². The number of carbonyl (C=O) groups is 1. The standard InChI is InChI=1S/C14H28N2O/c1-3-12-6-8-13(9-7-12)11-16-14(17)5-4-10-15-2/h12-13,15H,3-11H2,1-2H3,(H,16,17). The maximum atomic E-state index is 11.5. The fourth-order valence-corrected chi connectivity index (χ4v) is 2.62. The molecule has 3 heteroatoms. The van der Waals surface area contributed by atoms with Gasteiger partial charge in [-0.05, 0) is 44.7 Å². The van der Waals surface area contributed by atoms with Gasteiger partial charge < -0.3 is 10.6 Å². The van der Waals surface area contributed by atoms with Crippen LogP contribution in [0.3, 0.4) is 0 Å². The highest BCUT2D eigenvalue weighted by Crippen LogP contribution is 2.29. The lowest BCUT2D eigenvalue weighted by Gasteiger charge is -2.27. The summed E-state index contributed by atoms with van der Waals surface area (Å²) in [5, 5.41) is 6.14. The van der Waals surface area contributed by atoms with E-state index in [9.17, 15) is 4.79 Å². The summed E-state index contributed by atoms with van der Waals surface area (Å²) in [6.07, 6.45) is 8.23. The van der Waals surface area contributed by atoms with Gasteiger partial charge in [-0.1, -0.05) is 26.2 Å². The Bertz CT molecular complexity index is 210. The summed E-state index contributed by atoms with van der Waals surface area (Å²) in [5.41, 5.74) is 0. The van der Waals surface area contributed by atoms with Crippen molar-refractivity contribution in [2.45, 2.75) is 51.9 Å². The first-order chi connectivity index (χ1) is 8.26. The van der Waals surface area contributed by atoms with Gasteiger partial charge in [-0.25, -0.2) is 0 Å². The molecule has 1 saturated carbocycles. The van der Waals surface area contributed by atoms with Gasteiger partial charge in [-0.2, -0.15) is 0 Å². The molecule has 1 fully saturated rings. The van der Waals surface area contributed by atoms with Crippen LogP contribution < -0.4 is 10.6 Å². The molecule has 17 heavy (non-hydrogen) atoms. The van der Waals surface area contributed by atoms with Gasteiger partial charge in [0.05, 0.1) is 0 Å². The SMILES string of the molecule is CCC1CCC(CNC(=O)CCCNC)CC1. The van der Waals surface area contributed by atoms with Gasteiger partial charge >= 0.3 is 0 Å². The monoisotopic (exact) mass is 240 g/mol. The van der Waals surface area contributed by atoms with Gasteiger partial charge in [0.1, 0.15) is 0 Å². The van der Waals surface area contributed by atoms with Crippen molar-refractivity contribution in [1.29, 1.82) is 0 Å². The molecule has 1 rings (SSSR count). The third-order valence-electron chi connectivity index (χ3n) is 3.96. The molecule has 0 spiro atoms. The summed E-state index contributed by atoms with van der Waals surface area (Å²) in [6, 6.07) is 0. The van der Waals surface area contributed by atoms with Gasteiger partial charge in [-0.3, -0.25) is 4.79 Å². The Balaban J connectivity index is 2.04. The number of amides is 1. The van der Waals surface area contributed by atoms with Gasteiger partial charge in [0, 0.05) is 13.0 Å². The molecule has 1 aliphatic rings. The van der Waals surface area contributed by atoms with Crippen molar-refractivity contribution >= 4 is 5.91 Å². The van der Waals surface area contributed by atoms with Crippen molar-refractivity contribution in [2.75, 3.05) is 20.1 Å². The van der Waals surface area contributed by atoms with E-state index in [-0.39, 0.29) is 5.91 Å². The van der Waals surface area contributed by atoms with E-state index in [1.165, 1.54) is 32.1 Å². The average Bonchev–Trinajstić information content (AvgIpc) is 2.37. The third kappa shape index (κ3) is 6.06. The number of nitrogens with one attached hydrogen (secondary N) is 2. The summed E-state index contributed by atoms with van der Waals surface area (Å²) < 4.78 is 0. The second-order valence-electron chi connectivity index (χ2n) is 5.31. The Morgan fingerprint density at radius 3 is 2.41 bits per heavy atom. The van der Waals surface area contributed by atoms with Crippen LogP contribution in [0.15, 0.2) is 0 Å². The Morgan fingerprint density at radius 1 is 1.18 bits per heavy atom. The highest BCUT2D eigenvalue weighted by molar-refractivity contribution is 5.75. The van der Waals surface area contributed by atoms with Crippen molar-refractivity contribution in [2.24, 2.45) is 11.8 Å². The molecule has 0 bridgehead atoms. The molecule has 0 heterocycles. The van der Waals surface area contributed by atoms with E-state index >= 15 is 0 Å². The van der Waals surface area contributed by atoms with Crippen LogP contribution in [0.2, 0.25) is 0 Å². The lowest BCUT2D eigenvalue weighted by Crippen LogP contribution is -2.31. The number of carbonyl (C=O) groups excluding carboxylic acids is 1. The Labute approximate surface area is 106 Å². The summed E-state index contributed by atoms with van der Waals surface area (Å²) in [5.74, 6) is 1.89.